The highest BCUT2D eigenvalue weighted by molar-refractivity contribution is 5.91. The lowest BCUT2D eigenvalue weighted by atomic mass is 9.88. The number of piperazine rings is 1. The largest absolute Gasteiger partial charge is 0.492 e. The molecule has 1 aromatic heterocycles. The number of carbonyl (C=O) groups excluding carboxylic acids is 2. The van der Waals surface area contributed by atoms with Crippen LogP contribution in [0.1, 0.15) is 95.5 Å². The third-order valence-corrected chi connectivity index (χ3v) is 8.80. The molecule has 2 amide bonds. The summed E-state index contributed by atoms with van der Waals surface area (Å²) in [5.41, 5.74) is 1.30. The molecule has 2 heterocycles. The van der Waals surface area contributed by atoms with E-state index in [1.54, 1.807) is 6.07 Å². The number of furan rings is 1. The monoisotopic (exact) mass is 713 g/mol. The number of nitrogens with zero attached hydrogens (tertiary/aromatic N) is 3. The molecule has 2 fully saturated rings. The van der Waals surface area contributed by atoms with E-state index in [0.717, 1.165) is 89.9 Å². The first-order valence-corrected chi connectivity index (χ1v) is 19.4. The van der Waals surface area contributed by atoms with Gasteiger partial charge in [-0.2, -0.15) is 0 Å². The predicted octanol–water partition coefficient (Wildman–Crippen LogP) is 6.12. The lowest BCUT2D eigenvalue weighted by molar-refractivity contribution is -0.126. The van der Waals surface area contributed by atoms with E-state index in [1.165, 1.54) is 24.8 Å². The lowest BCUT2D eigenvalue weighted by Gasteiger charge is -2.31. The zero-order valence-electron chi connectivity index (χ0n) is 33.6. The molecule has 2 aromatic rings. The molecule has 3 N–H and O–H groups in total. The van der Waals surface area contributed by atoms with Gasteiger partial charge in [-0.3, -0.25) is 14.5 Å². The number of likely N-dealkylation sites (N-methyl/N-ethyl adjacent to an activating group) is 2. The van der Waals surface area contributed by atoms with Crippen LogP contribution in [0.25, 0.3) is 0 Å². The number of rotatable bonds is 16. The van der Waals surface area contributed by atoms with Crippen LogP contribution in [0.5, 0.6) is 5.75 Å². The summed E-state index contributed by atoms with van der Waals surface area (Å²) in [5.74, 6) is 4.40. The number of benzene rings is 1. The van der Waals surface area contributed by atoms with Gasteiger partial charge in [0.25, 0.3) is 5.91 Å². The first-order chi connectivity index (χ1) is 24.3. The third-order valence-electron chi connectivity index (χ3n) is 8.80. The van der Waals surface area contributed by atoms with Gasteiger partial charge in [-0.25, -0.2) is 0 Å². The van der Waals surface area contributed by atoms with Crippen molar-refractivity contribution in [1.29, 1.82) is 0 Å². The fraction of sp³-hybridized carbons (Fsp3) is 0.707. The molecule has 1 saturated heterocycles. The van der Waals surface area contributed by atoms with Crippen molar-refractivity contribution in [3.05, 3.63) is 53.5 Å². The van der Waals surface area contributed by atoms with Crippen molar-refractivity contribution in [3.8, 4) is 5.75 Å². The van der Waals surface area contributed by atoms with E-state index in [2.05, 4.69) is 91.4 Å². The molecule has 0 atom stereocenters. The summed E-state index contributed by atoms with van der Waals surface area (Å²) in [6.07, 6.45) is 5.99. The minimum Gasteiger partial charge on any atom is -0.492 e. The second-order valence-corrected chi connectivity index (χ2v) is 15.7. The van der Waals surface area contributed by atoms with Gasteiger partial charge in [0.2, 0.25) is 5.91 Å². The Bertz CT molecular complexity index is 1170. The number of hydrogen-bond donors (Lipinski definition) is 3. The number of carbonyl (C=O) groups is 2. The van der Waals surface area contributed by atoms with Crippen LogP contribution in [0, 0.1) is 23.7 Å². The van der Waals surface area contributed by atoms with Crippen LogP contribution in [-0.2, 0) is 17.9 Å². The number of amides is 2. The van der Waals surface area contributed by atoms with E-state index >= 15 is 0 Å². The van der Waals surface area contributed by atoms with Crippen molar-refractivity contribution in [3.63, 3.8) is 0 Å². The zero-order valence-corrected chi connectivity index (χ0v) is 33.6. The second-order valence-electron chi connectivity index (χ2n) is 15.7. The molecule has 0 bridgehead atoms. The second kappa shape index (κ2) is 25.1. The first kappa shape index (κ1) is 44.2. The average Bonchev–Trinajstić information content (AvgIpc) is 3.57. The Kier molecular flexibility index (Phi) is 21.8. The summed E-state index contributed by atoms with van der Waals surface area (Å²) in [7, 11) is 6.24. The normalized spacial score (nSPS) is 15.7. The quantitative estimate of drug-likeness (QED) is 0.191. The Morgan fingerprint density at radius 3 is 2.02 bits per heavy atom. The highest BCUT2D eigenvalue weighted by atomic mass is 16.5. The van der Waals surface area contributed by atoms with Crippen LogP contribution in [-0.4, -0.2) is 107 Å². The Hall–Kier alpha value is -2.92. The van der Waals surface area contributed by atoms with Crippen molar-refractivity contribution >= 4 is 11.8 Å². The van der Waals surface area contributed by atoms with Crippen LogP contribution >= 0.6 is 0 Å². The van der Waals surface area contributed by atoms with Crippen LogP contribution in [0.15, 0.2) is 40.8 Å². The summed E-state index contributed by atoms with van der Waals surface area (Å²) in [4.78, 5) is 30.3. The Morgan fingerprint density at radius 2 is 1.43 bits per heavy atom. The maximum Gasteiger partial charge on any atom is 0.287 e. The molecule has 290 valence electrons. The van der Waals surface area contributed by atoms with Gasteiger partial charge in [-0.1, -0.05) is 72.9 Å². The molecule has 10 heteroatoms. The topological polar surface area (TPSA) is 102 Å². The van der Waals surface area contributed by atoms with Crippen LogP contribution in [0.2, 0.25) is 0 Å². The Morgan fingerprint density at radius 1 is 0.824 bits per heavy atom. The third kappa shape index (κ3) is 20.6. The molecule has 4 rings (SSSR count). The van der Waals surface area contributed by atoms with Gasteiger partial charge in [0.05, 0.1) is 6.54 Å². The molecule has 1 aromatic carbocycles. The van der Waals surface area contributed by atoms with Crippen molar-refractivity contribution in [2.75, 3.05) is 80.1 Å². The van der Waals surface area contributed by atoms with Gasteiger partial charge in [-0.15, -0.1) is 0 Å². The van der Waals surface area contributed by atoms with Gasteiger partial charge in [0.1, 0.15) is 18.1 Å². The van der Waals surface area contributed by atoms with Gasteiger partial charge in [0.15, 0.2) is 5.76 Å². The van der Waals surface area contributed by atoms with E-state index in [-0.39, 0.29) is 11.8 Å². The number of ether oxygens (including phenoxy) is 1. The SMILES string of the molecule is CC(C)CNC(=O)C1CCCCC1.CC(C)CNC(=O)c1ccc(CN2CCN(C)CC2)o1.CC(C)CNCc1ccc(OCCN(C)C)cc1. The van der Waals surface area contributed by atoms with E-state index < -0.39 is 0 Å². The maximum atomic E-state index is 11.9. The molecule has 1 saturated carbocycles. The van der Waals surface area contributed by atoms with Crippen molar-refractivity contribution < 1.29 is 18.7 Å². The van der Waals surface area contributed by atoms with E-state index in [9.17, 15) is 9.59 Å². The first-order valence-electron chi connectivity index (χ1n) is 19.4. The van der Waals surface area contributed by atoms with Crippen LogP contribution in [0.4, 0.5) is 0 Å². The highest BCUT2D eigenvalue weighted by Gasteiger charge is 2.20. The molecule has 2 aliphatic rings. The minimum atomic E-state index is -0.122. The molecule has 0 spiro atoms. The summed E-state index contributed by atoms with van der Waals surface area (Å²) in [6.45, 7) is 23.0. The lowest BCUT2D eigenvalue weighted by Crippen LogP contribution is -2.43. The maximum absolute atomic E-state index is 11.9. The summed E-state index contributed by atoms with van der Waals surface area (Å²) in [6, 6.07) is 12.0. The van der Waals surface area contributed by atoms with E-state index in [1.807, 2.05) is 32.3 Å². The zero-order chi connectivity index (χ0) is 37.6. The van der Waals surface area contributed by atoms with Crippen LogP contribution in [0.3, 0.4) is 0 Å². The summed E-state index contributed by atoms with van der Waals surface area (Å²) in [5, 5.41) is 9.31. The Balaban J connectivity index is 0.000000271. The molecule has 51 heavy (non-hydrogen) atoms. The number of hydrogen-bond acceptors (Lipinski definition) is 8. The average molecular weight is 713 g/mol. The molecular weight excluding hydrogens is 640 g/mol. The Labute approximate surface area is 310 Å². The fourth-order valence-corrected chi connectivity index (χ4v) is 5.56. The fourth-order valence-electron chi connectivity index (χ4n) is 5.56. The van der Waals surface area contributed by atoms with Gasteiger partial charge >= 0.3 is 0 Å². The van der Waals surface area contributed by atoms with Gasteiger partial charge in [-0.05, 0) is 88.1 Å². The standard InChI is InChI=1S/C15H25N3O2.C15H26N2O.C11H21NO/c1-12(2)10-16-15(19)14-5-4-13(20-14)11-18-8-6-17(3)7-9-18;1-13(2)11-16-12-14-5-7-15(8-6-14)18-10-9-17(3)4;1-9(2)8-12-11(13)10-6-4-3-5-7-10/h4-5,12H,6-11H2,1-3H3,(H,16,19);5-8,13,16H,9-12H2,1-4H3;9-10H,3-8H2,1-2H3,(H,12,13). The molecule has 0 unspecified atom stereocenters. The van der Waals surface area contributed by atoms with Crippen molar-refractivity contribution in [2.45, 2.75) is 86.7 Å². The highest BCUT2D eigenvalue weighted by Crippen LogP contribution is 2.23. The molecule has 10 nitrogen and oxygen atoms in total. The van der Waals surface area contributed by atoms with Crippen molar-refractivity contribution in [1.82, 2.24) is 30.7 Å². The molecule has 1 aliphatic heterocycles. The van der Waals surface area contributed by atoms with Crippen LogP contribution < -0.4 is 20.7 Å². The predicted molar refractivity (Wildman–Crippen MR) is 210 cm³/mol. The summed E-state index contributed by atoms with van der Waals surface area (Å²) < 4.78 is 11.3. The summed E-state index contributed by atoms with van der Waals surface area (Å²) >= 11 is 0. The van der Waals surface area contributed by atoms with Gasteiger partial charge in [0, 0.05) is 58.3 Å². The number of nitrogens with one attached hydrogen (secondary N) is 3. The van der Waals surface area contributed by atoms with E-state index in [4.69, 9.17) is 9.15 Å². The molecular formula is C41H72N6O4. The smallest absolute Gasteiger partial charge is 0.287 e. The minimum absolute atomic E-state index is 0.122. The van der Waals surface area contributed by atoms with Gasteiger partial charge < -0.3 is 34.9 Å². The van der Waals surface area contributed by atoms with Crippen molar-refractivity contribution in [2.24, 2.45) is 23.7 Å². The molecule has 0 radical (unpaired) electrons. The van der Waals surface area contributed by atoms with E-state index in [0.29, 0.717) is 36.0 Å². The molecule has 1 aliphatic carbocycles.